The van der Waals surface area contributed by atoms with Crippen molar-refractivity contribution in [2.75, 3.05) is 67.0 Å². The number of hydrazone groups is 1. The van der Waals surface area contributed by atoms with Crippen molar-refractivity contribution < 1.29 is 9.59 Å². The minimum Gasteiger partial charge on any atom is -0.369 e. The van der Waals surface area contributed by atoms with E-state index in [1.165, 1.54) is 6.92 Å². The third kappa shape index (κ3) is 13.5. The molecule has 10 heteroatoms. The lowest BCUT2D eigenvalue weighted by Gasteiger charge is -2.17. The molecular formula is C20H40N8O2. The van der Waals surface area contributed by atoms with Gasteiger partial charge < -0.3 is 31.2 Å². The molecule has 0 rings (SSSR count). The summed E-state index contributed by atoms with van der Waals surface area (Å²) < 4.78 is 0. The normalized spacial score (nSPS) is 12.1. The van der Waals surface area contributed by atoms with Crippen molar-refractivity contribution in [3.8, 4) is 0 Å². The van der Waals surface area contributed by atoms with Crippen LogP contribution in [0.2, 0.25) is 0 Å². The minimum absolute atomic E-state index is 0.0118. The van der Waals surface area contributed by atoms with Crippen molar-refractivity contribution >= 4 is 24.0 Å². The first-order chi connectivity index (χ1) is 14.3. The van der Waals surface area contributed by atoms with Crippen molar-refractivity contribution in [1.82, 2.24) is 31.2 Å². The predicted octanol–water partition coefficient (Wildman–Crippen LogP) is -0.391. The molecule has 0 bridgehead atoms. The average Bonchev–Trinajstić information content (AvgIpc) is 2.73. The zero-order chi connectivity index (χ0) is 22.8. The predicted molar refractivity (Wildman–Crippen MR) is 124 cm³/mol. The Morgan fingerprint density at radius 1 is 1.03 bits per heavy atom. The lowest BCUT2D eigenvalue weighted by molar-refractivity contribution is -0.127. The van der Waals surface area contributed by atoms with Crippen LogP contribution in [0.15, 0.2) is 21.7 Å². The Bertz CT molecular complexity index is 589. The van der Waals surface area contributed by atoms with E-state index in [1.54, 1.807) is 45.4 Å². The number of amidine groups is 1. The zero-order valence-corrected chi connectivity index (χ0v) is 19.4. The number of hydrogen-bond donors (Lipinski definition) is 4. The summed E-state index contributed by atoms with van der Waals surface area (Å²) in [5.74, 6) is 0.514. The Morgan fingerprint density at radius 3 is 2.37 bits per heavy atom. The van der Waals surface area contributed by atoms with Crippen LogP contribution in [-0.2, 0) is 9.59 Å². The molecule has 0 aliphatic carbocycles. The van der Waals surface area contributed by atoms with E-state index in [2.05, 4.69) is 43.3 Å². The summed E-state index contributed by atoms with van der Waals surface area (Å²) in [7, 11) is 5.18. The number of nitrogens with one attached hydrogen (secondary N) is 4. The summed E-state index contributed by atoms with van der Waals surface area (Å²) in [4.78, 5) is 31.3. The fourth-order valence-electron chi connectivity index (χ4n) is 2.31. The Morgan fingerprint density at radius 2 is 1.77 bits per heavy atom. The second-order valence-corrected chi connectivity index (χ2v) is 6.76. The molecule has 0 aromatic rings. The molecule has 0 aromatic carbocycles. The quantitative estimate of drug-likeness (QED) is 0.0936. The highest BCUT2D eigenvalue weighted by Gasteiger charge is 2.06. The zero-order valence-electron chi connectivity index (χ0n) is 19.4. The molecule has 0 fully saturated rings. The topological polar surface area (TPSA) is 113 Å². The van der Waals surface area contributed by atoms with Gasteiger partial charge in [-0.25, -0.2) is 0 Å². The van der Waals surface area contributed by atoms with Gasteiger partial charge in [-0.1, -0.05) is 0 Å². The summed E-state index contributed by atoms with van der Waals surface area (Å²) in [6, 6.07) is 0. The monoisotopic (exact) mass is 424 g/mol. The Balaban J connectivity index is 4.08. The third-order valence-electron chi connectivity index (χ3n) is 4.39. The van der Waals surface area contributed by atoms with E-state index < -0.39 is 0 Å². The smallest absolute Gasteiger partial charge is 0.247 e. The number of likely N-dealkylation sites (N-methyl/N-ethyl adjacent to an activating group) is 2. The highest BCUT2D eigenvalue weighted by atomic mass is 16.2. The van der Waals surface area contributed by atoms with Crippen molar-refractivity contribution in [3.63, 3.8) is 0 Å². The lowest BCUT2D eigenvalue weighted by atomic mass is 10.2. The Hall–Kier alpha value is -2.62. The fourth-order valence-corrected chi connectivity index (χ4v) is 2.31. The maximum absolute atomic E-state index is 12.2. The number of hydrogen-bond acceptors (Lipinski definition) is 6. The maximum Gasteiger partial charge on any atom is 0.247 e. The first kappa shape index (κ1) is 27.4. The maximum atomic E-state index is 12.2. The van der Waals surface area contributed by atoms with Crippen LogP contribution in [-0.4, -0.2) is 101 Å². The van der Waals surface area contributed by atoms with Crippen molar-refractivity contribution in [3.05, 3.63) is 11.6 Å². The SMILES string of the molecule is CCN(/C=N\NC)CCNCCCNC(=O)/C(C)=C/C(=NC)NCCN(C)C(C)=O. The highest BCUT2D eigenvalue weighted by molar-refractivity contribution is 6.02. The molecule has 0 radical (unpaired) electrons. The molecule has 172 valence electrons. The van der Waals surface area contributed by atoms with E-state index in [0.717, 1.165) is 32.6 Å². The largest absolute Gasteiger partial charge is 0.369 e. The van der Waals surface area contributed by atoms with Crippen LogP contribution in [0, 0.1) is 0 Å². The Labute approximate surface area is 181 Å². The van der Waals surface area contributed by atoms with Gasteiger partial charge in [-0.15, -0.1) is 0 Å². The van der Waals surface area contributed by atoms with Gasteiger partial charge in [0.2, 0.25) is 11.8 Å². The van der Waals surface area contributed by atoms with E-state index in [4.69, 9.17) is 0 Å². The summed E-state index contributed by atoms with van der Waals surface area (Å²) in [6.45, 7) is 10.6. The molecule has 0 saturated carbocycles. The molecule has 0 unspecified atom stereocenters. The van der Waals surface area contributed by atoms with Gasteiger partial charge in [0.05, 0.1) is 0 Å². The summed E-state index contributed by atoms with van der Waals surface area (Å²) >= 11 is 0. The van der Waals surface area contributed by atoms with Crippen LogP contribution < -0.4 is 21.4 Å². The number of carbonyl (C=O) groups excluding carboxylic acids is 2. The molecule has 0 aliphatic heterocycles. The van der Waals surface area contributed by atoms with Gasteiger partial charge in [0.15, 0.2) is 0 Å². The third-order valence-corrected chi connectivity index (χ3v) is 4.39. The van der Waals surface area contributed by atoms with E-state index in [-0.39, 0.29) is 11.8 Å². The van der Waals surface area contributed by atoms with Crippen LogP contribution in [0.25, 0.3) is 0 Å². The van der Waals surface area contributed by atoms with Gasteiger partial charge in [-0.2, -0.15) is 5.10 Å². The van der Waals surface area contributed by atoms with Crippen LogP contribution in [0.4, 0.5) is 0 Å². The van der Waals surface area contributed by atoms with E-state index in [9.17, 15) is 9.59 Å². The summed E-state index contributed by atoms with van der Waals surface area (Å²) in [5.41, 5.74) is 3.32. The van der Waals surface area contributed by atoms with E-state index in [1.807, 2.05) is 0 Å². The number of carbonyl (C=O) groups is 2. The van der Waals surface area contributed by atoms with Gasteiger partial charge in [0, 0.05) is 72.9 Å². The molecule has 0 atom stereocenters. The minimum atomic E-state index is -0.112. The van der Waals surface area contributed by atoms with Gasteiger partial charge in [0.1, 0.15) is 12.2 Å². The fraction of sp³-hybridized carbons (Fsp3) is 0.700. The van der Waals surface area contributed by atoms with Gasteiger partial charge in [-0.3, -0.25) is 14.6 Å². The summed E-state index contributed by atoms with van der Waals surface area (Å²) in [5, 5.41) is 13.4. The van der Waals surface area contributed by atoms with Crippen LogP contribution in [0.1, 0.15) is 27.2 Å². The number of aliphatic imine (C=N–C) groups is 1. The molecule has 0 spiro atoms. The first-order valence-corrected chi connectivity index (χ1v) is 10.4. The van der Waals surface area contributed by atoms with Gasteiger partial charge in [0.25, 0.3) is 0 Å². The molecule has 4 N–H and O–H groups in total. The second kappa shape index (κ2) is 17.3. The molecule has 0 saturated heterocycles. The average molecular weight is 425 g/mol. The molecule has 2 amide bonds. The molecule has 10 nitrogen and oxygen atoms in total. The molecule has 0 aromatic heterocycles. The molecule has 30 heavy (non-hydrogen) atoms. The molecule has 0 heterocycles. The van der Waals surface area contributed by atoms with Crippen molar-refractivity contribution in [1.29, 1.82) is 0 Å². The van der Waals surface area contributed by atoms with E-state index in [0.29, 0.717) is 31.0 Å². The van der Waals surface area contributed by atoms with Crippen molar-refractivity contribution in [2.45, 2.75) is 27.2 Å². The van der Waals surface area contributed by atoms with E-state index >= 15 is 0 Å². The second-order valence-electron chi connectivity index (χ2n) is 6.76. The number of amides is 2. The van der Waals surface area contributed by atoms with Crippen LogP contribution in [0.3, 0.4) is 0 Å². The number of rotatable bonds is 15. The van der Waals surface area contributed by atoms with Crippen molar-refractivity contribution in [2.24, 2.45) is 10.1 Å². The highest BCUT2D eigenvalue weighted by Crippen LogP contribution is 1.94. The standard InChI is InChI=1S/C20H40N8O2/c1-7-28(16-26-22-5)14-11-23-9-8-10-25-20(30)17(2)15-19(21-4)24-12-13-27(6)18(3)29/h15-16,22-23H,7-14H2,1-6H3,(H,21,24)(H,25,30)/b17-15+,26-16-. The number of nitrogens with zero attached hydrogens (tertiary/aromatic N) is 4. The van der Waals surface area contributed by atoms with Gasteiger partial charge in [-0.05, 0) is 32.9 Å². The van der Waals surface area contributed by atoms with Crippen LogP contribution in [0.5, 0.6) is 0 Å². The molecular weight excluding hydrogens is 384 g/mol. The Kier molecular flexibility index (Phi) is 15.7. The van der Waals surface area contributed by atoms with Crippen LogP contribution >= 0.6 is 0 Å². The summed E-state index contributed by atoms with van der Waals surface area (Å²) in [6.07, 6.45) is 4.36. The first-order valence-electron chi connectivity index (χ1n) is 10.4. The molecule has 0 aliphatic rings. The van der Waals surface area contributed by atoms with Gasteiger partial charge >= 0.3 is 0 Å². The lowest BCUT2D eigenvalue weighted by Crippen LogP contribution is -2.35.